The standard InChI is InChI=1S/C25H28N4O5/c1-34-19-11-9-18(10-12-19)24(32)28-14-15-29(25(33)17-6-3-2-4-7-17)21(16-28)23(31)27-20-8-5-13-26-22(20)30/h2-4,6-7,9-12,20-21H,5,8,13-16H2,1H3,(H,26,30)(H,27,31)/t20-,21+/m1/s1. The Labute approximate surface area is 198 Å². The molecule has 2 atom stereocenters. The number of piperazine rings is 1. The first-order valence-electron chi connectivity index (χ1n) is 11.4. The number of piperidine rings is 1. The number of hydrogen-bond acceptors (Lipinski definition) is 5. The van der Waals surface area contributed by atoms with Crippen molar-refractivity contribution in [3.63, 3.8) is 0 Å². The fraction of sp³-hybridized carbons (Fsp3) is 0.360. The number of carbonyl (C=O) groups is 4. The van der Waals surface area contributed by atoms with Crippen LogP contribution in [0.15, 0.2) is 54.6 Å². The zero-order valence-electron chi connectivity index (χ0n) is 19.0. The van der Waals surface area contributed by atoms with E-state index < -0.39 is 18.0 Å². The molecular weight excluding hydrogens is 436 g/mol. The molecule has 2 fully saturated rings. The number of ether oxygens (including phenoxy) is 1. The van der Waals surface area contributed by atoms with Gasteiger partial charge in [-0.2, -0.15) is 0 Å². The number of amides is 4. The van der Waals surface area contributed by atoms with Crippen LogP contribution in [0.4, 0.5) is 0 Å². The Morgan fingerprint density at radius 1 is 0.971 bits per heavy atom. The fourth-order valence-corrected chi connectivity index (χ4v) is 4.28. The quantitative estimate of drug-likeness (QED) is 0.688. The highest BCUT2D eigenvalue weighted by Crippen LogP contribution is 2.19. The fourth-order valence-electron chi connectivity index (χ4n) is 4.28. The monoisotopic (exact) mass is 464 g/mol. The van der Waals surface area contributed by atoms with E-state index in [9.17, 15) is 19.2 Å². The summed E-state index contributed by atoms with van der Waals surface area (Å²) in [5.74, 6) is -0.563. The van der Waals surface area contributed by atoms with Crippen LogP contribution in [0, 0.1) is 0 Å². The SMILES string of the molecule is COc1ccc(C(=O)N2CCN(C(=O)c3ccccc3)[C@H](C(=O)N[C@@H]3CCCNC3=O)C2)cc1. The Kier molecular flexibility index (Phi) is 7.10. The Balaban J connectivity index is 1.55. The second-order valence-corrected chi connectivity index (χ2v) is 8.35. The molecule has 0 radical (unpaired) electrons. The molecule has 9 nitrogen and oxygen atoms in total. The number of rotatable bonds is 5. The zero-order chi connectivity index (χ0) is 24.1. The van der Waals surface area contributed by atoms with Crippen molar-refractivity contribution in [2.45, 2.75) is 24.9 Å². The van der Waals surface area contributed by atoms with E-state index >= 15 is 0 Å². The van der Waals surface area contributed by atoms with E-state index in [-0.39, 0.29) is 37.4 Å². The van der Waals surface area contributed by atoms with Gasteiger partial charge in [0.2, 0.25) is 11.8 Å². The molecular formula is C25H28N4O5. The molecule has 0 bridgehead atoms. The first-order valence-corrected chi connectivity index (χ1v) is 11.4. The van der Waals surface area contributed by atoms with Crippen LogP contribution in [0.1, 0.15) is 33.6 Å². The molecule has 0 spiro atoms. The lowest BCUT2D eigenvalue weighted by molar-refractivity contribution is -0.133. The third-order valence-electron chi connectivity index (χ3n) is 6.19. The van der Waals surface area contributed by atoms with Crippen molar-refractivity contribution in [2.75, 3.05) is 33.3 Å². The predicted molar refractivity (Wildman–Crippen MR) is 124 cm³/mol. The minimum absolute atomic E-state index is 0.0314. The Morgan fingerprint density at radius 3 is 2.35 bits per heavy atom. The minimum Gasteiger partial charge on any atom is -0.497 e. The van der Waals surface area contributed by atoms with E-state index in [1.807, 2.05) is 6.07 Å². The molecule has 2 heterocycles. The van der Waals surface area contributed by atoms with E-state index in [1.54, 1.807) is 60.5 Å². The van der Waals surface area contributed by atoms with Crippen LogP contribution < -0.4 is 15.4 Å². The van der Waals surface area contributed by atoms with Gasteiger partial charge >= 0.3 is 0 Å². The number of hydrogen-bond donors (Lipinski definition) is 2. The van der Waals surface area contributed by atoms with E-state index in [0.717, 1.165) is 6.42 Å². The first-order chi connectivity index (χ1) is 16.5. The normalized spacial score (nSPS) is 20.3. The number of nitrogens with one attached hydrogen (secondary N) is 2. The summed E-state index contributed by atoms with van der Waals surface area (Å²) in [7, 11) is 1.55. The van der Waals surface area contributed by atoms with Crippen LogP contribution in [-0.4, -0.2) is 78.8 Å². The van der Waals surface area contributed by atoms with Crippen LogP contribution in [0.25, 0.3) is 0 Å². The maximum absolute atomic E-state index is 13.3. The average Bonchev–Trinajstić information content (AvgIpc) is 2.89. The molecule has 178 valence electrons. The van der Waals surface area contributed by atoms with E-state index in [1.165, 1.54) is 4.90 Å². The molecule has 2 aromatic rings. The molecule has 9 heteroatoms. The molecule has 0 unspecified atom stereocenters. The second kappa shape index (κ2) is 10.4. The lowest BCUT2D eigenvalue weighted by Gasteiger charge is -2.41. The highest BCUT2D eigenvalue weighted by atomic mass is 16.5. The Hall–Kier alpha value is -3.88. The van der Waals surface area contributed by atoms with Crippen molar-refractivity contribution in [2.24, 2.45) is 0 Å². The van der Waals surface area contributed by atoms with Gasteiger partial charge in [0.25, 0.3) is 11.8 Å². The van der Waals surface area contributed by atoms with Crippen LogP contribution in [-0.2, 0) is 9.59 Å². The molecule has 2 aliphatic heterocycles. The molecule has 2 aromatic carbocycles. The summed E-state index contributed by atoms with van der Waals surface area (Å²) >= 11 is 0. The van der Waals surface area contributed by atoms with Gasteiger partial charge in [-0.25, -0.2) is 0 Å². The van der Waals surface area contributed by atoms with Crippen molar-refractivity contribution in [1.82, 2.24) is 20.4 Å². The second-order valence-electron chi connectivity index (χ2n) is 8.35. The van der Waals surface area contributed by atoms with Gasteiger partial charge < -0.3 is 25.2 Å². The van der Waals surface area contributed by atoms with Crippen LogP contribution >= 0.6 is 0 Å². The molecule has 0 aliphatic carbocycles. The van der Waals surface area contributed by atoms with Crippen molar-refractivity contribution in [3.8, 4) is 5.75 Å². The van der Waals surface area contributed by atoms with Gasteiger partial charge in [0.15, 0.2) is 0 Å². The summed E-state index contributed by atoms with van der Waals surface area (Å²) in [5.41, 5.74) is 0.931. The average molecular weight is 465 g/mol. The Bertz CT molecular complexity index is 1060. The molecule has 4 amide bonds. The maximum atomic E-state index is 13.3. The summed E-state index contributed by atoms with van der Waals surface area (Å²) in [6.07, 6.45) is 1.29. The zero-order valence-corrected chi connectivity index (χ0v) is 19.0. The Morgan fingerprint density at radius 2 is 1.68 bits per heavy atom. The maximum Gasteiger partial charge on any atom is 0.254 e. The summed E-state index contributed by atoms with van der Waals surface area (Å²) in [6, 6.07) is 13.9. The predicted octanol–water partition coefficient (Wildman–Crippen LogP) is 1.06. The third-order valence-corrected chi connectivity index (χ3v) is 6.19. The molecule has 2 N–H and O–H groups in total. The first kappa shape index (κ1) is 23.3. The van der Waals surface area contributed by atoms with Crippen LogP contribution in [0.3, 0.4) is 0 Å². The van der Waals surface area contributed by atoms with Gasteiger partial charge in [0, 0.05) is 30.8 Å². The van der Waals surface area contributed by atoms with E-state index in [4.69, 9.17) is 4.74 Å². The number of benzene rings is 2. The van der Waals surface area contributed by atoms with E-state index in [2.05, 4.69) is 10.6 Å². The van der Waals surface area contributed by atoms with Crippen molar-refractivity contribution in [1.29, 1.82) is 0 Å². The van der Waals surface area contributed by atoms with Gasteiger partial charge in [-0.3, -0.25) is 19.2 Å². The van der Waals surface area contributed by atoms with Gasteiger partial charge in [-0.1, -0.05) is 18.2 Å². The van der Waals surface area contributed by atoms with Crippen molar-refractivity contribution < 1.29 is 23.9 Å². The molecule has 0 saturated carbocycles. The molecule has 4 rings (SSSR count). The molecule has 2 saturated heterocycles. The number of methoxy groups -OCH3 is 1. The van der Waals surface area contributed by atoms with Gasteiger partial charge in [-0.15, -0.1) is 0 Å². The lowest BCUT2D eigenvalue weighted by Crippen LogP contribution is -2.63. The van der Waals surface area contributed by atoms with E-state index in [0.29, 0.717) is 29.8 Å². The summed E-state index contributed by atoms with van der Waals surface area (Å²) < 4.78 is 5.15. The molecule has 2 aliphatic rings. The highest BCUT2D eigenvalue weighted by molar-refractivity contribution is 6.00. The van der Waals surface area contributed by atoms with Gasteiger partial charge in [-0.05, 0) is 49.2 Å². The number of nitrogens with zero attached hydrogens (tertiary/aromatic N) is 2. The topological polar surface area (TPSA) is 108 Å². The highest BCUT2D eigenvalue weighted by Gasteiger charge is 2.39. The molecule has 0 aromatic heterocycles. The summed E-state index contributed by atoms with van der Waals surface area (Å²) in [6.45, 7) is 1.10. The van der Waals surface area contributed by atoms with Gasteiger partial charge in [0.05, 0.1) is 13.7 Å². The van der Waals surface area contributed by atoms with Crippen molar-refractivity contribution in [3.05, 3.63) is 65.7 Å². The van der Waals surface area contributed by atoms with Crippen LogP contribution in [0.2, 0.25) is 0 Å². The minimum atomic E-state index is -0.918. The lowest BCUT2D eigenvalue weighted by atomic mass is 10.0. The van der Waals surface area contributed by atoms with Gasteiger partial charge in [0.1, 0.15) is 17.8 Å². The third kappa shape index (κ3) is 5.03. The molecule has 34 heavy (non-hydrogen) atoms. The van der Waals surface area contributed by atoms with Crippen molar-refractivity contribution >= 4 is 23.6 Å². The number of carbonyl (C=O) groups excluding carboxylic acids is 4. The summed E-state index contributed by atoms with van der Waals surface area (Å²) in [4.78, 5) is 54.9. The summed E-state index contributed by atoms with van der Waals surface area (Å²) in [5, 5.41) is 5.54. The smallest absolute Gasteiger partial charge is 0.254 e. The largest absolute Gasteiger partial charge is 0.497 e. The van der Waals surface area contributed by atoms with Crippen LogP contribution in [0.5, 0.6) is 5.75 Å².